The number of likely N-dealkylation sites (N-methyl/N-ethyl adjacent to an activating group) is 1. The molecule has 0 aliphatic rings. The SMILES string of the molecule is CN(CCO)CCOCCO. The standard InChI is InChI=1S/C7H17NO3/c1-8(2-4-9)3-6-11-7-5-10/h9-10H,2-7H2,1H3. The Balaban J connectivity index is 2.97. The van der Waals surface area contributed by atoms with Gasteiger partial charge in [0, 0.05) is 13.1 Å². The first-order valence-electron chi connectivity index (χ1n) is 3.79. The van der Waals surface area contributed by atoms with E-state index in [9.17, 15) is 0 Å². The molecule has 0 aliphatic heterocycles. The summed E-state index contributed by atoms with van der Waals surface area (Å²) in [4.78, 5) is 1.97. The zero-order valence-corrected chi connectivity index (χ0v) is 6.99. The fraction of sp³-hybridized carbons (Fsp3) is 1.00. The Morgan fingerprint density at radius 2 is 1.82 bits per heavy atom. The average molecular weight is 163 g/mol. The molecule has 4 nitrogen and oxygen atoms in total. The van der Waals surface area contributed by atoms with E-state index < -0.39 is 0 Å². The Morgan fingerprint density at radius 1 is 1.09 bits per heavy atom. The maximum absolute atomic E-state index is 8.52. The number of aliphatic hydroxyl groups is 2. The van der Waals surface area contributed by atoms with E-state index in [0.717, 1.165) is 6.54 Å². The lowest BCUT2D eigenvalue weighted by molar-refractivity contribution is 0.0752. The normalized spacial score (nSPS) is 10.9. The van der Waals surface area contributed by atoms with Gasteiger partial charge in [-0.2, -0.15) is 0 Å². The minimum Gasteiger partial charge on any atom is -0.395 e. The van der Waals surface area contributed by atoms with Crippen LogP contribution in [0.4, 0.5) is 0 Å². The van der Waals surface area contributed by atoms with Crippen LogP contribution in [0.3, 0.4) is 0 Å². The van der Waals surface area contributed by atoms with Gasteiger partial charge in [0.15, 0.2) is 0 Å². The van der Waals surface area contributed by atoms with Crippen LogP contribution in [0.1, 0.15) is 0 Å². The summed E-state index contributed by atoms with van der Waals surface area (Å²) >= 11 is 0. The zero-order valence-electron chi connectivity index (χ0n) is 6.99. The molecule has 0 fully saturated rings. The molecule has 68 valence electrons. The molecular weight excluding hydrogens is 146 g/mol. The van der Waals surface area contributed by atoms with Crippen molar-refractivity contribution in [1.29, 1.82) is 0 Å². The first kappa shape index (κ1) is 10.8. The van der Waals surface area contributed by atoms with E-state index in [1.54, 1.807) is 0 Å². The first-order valence-corrected chi connectivity index (χ1v) is 3.79. The van der Waals surface area contributed by atoms with Gasteiger partial charge in [0.1, 0.15) is 0 Å². The number of ether oxygens (including phenoxy) is 1. The minimum absolute atomic E-state index is 0.0731. The highest BCUT2D eigenvalue weighted by molar-refractivity contribution is 4.47. The van der Waals surface area contributed by atoms with Gasteiger partial charge in [-0.1, -0.05) is 0 Å². The lowest BCUT2D eigenvalue weighted by Gasteiger charge is -2.14. The third kappa shape index (κ3) is 7.74. The highest BCUT2D eigenvalue weighted by Gasteiger charge is 1.95. The smallest absolute Gasteiger partial charge is 0.0698 e. The van der Waals surface area contributed by atoms with E-state index >= 15 is 0 Å². The summed E-state index contributed by atoms with van der Waals surface area (Å²) in [6, 6.07) is 0. The molecule has 4 heteroatoms. The molecule has 0 aromatic rings. The first-order chi connectivity index (χ1) is 5.31. The summed E-state index contributed by atoms with van der Waals surface area (Å²) in [5.74, 6) is 0. The fourth-order valence-electron chi connectivity index (χ4n) is 0.670. The number of hydrogen-bond donors (Lipinski definition) is 2. The molecule has 2 N–H and O–H groups in total. The second kappa shape index (κ2) is 7.94. The van der Waals surface area contributed by atoms with E-state index in [-0.39, 0.29) is 13.2 Å². The van der Waals surface area contributed by atoms with Crippen molar-refractivity contribution in [2.24, 2.45) is 0 Å². The molecule has 0 amide bonds. The van der Waals surface area contributed by atoms with Crippen LogP contribution in [0, 0.1) is 0 Å². The second-order valence-corrected chi connectivity index (χ2v) is 2.36. The van der Waals surface area contributed by atoms with Gasteiger partial charge in [-0.3, -0.25) is 0 Å². The maximum Gasteiger partial charge on any atom is 0.0698 e. The highest BCUT2D eigenvalue weighted by Crippen LogP contribution is 1.81. The third-order valence-electron chi connectivity index (χ3n) is 1.33. The predicted molar refractivity (Wildman–Crippen MR) is 42.5 cm³/mol. The van der Waals surface area contributed by atoms with Gasteiger partial charge in [0.2, 0.25) is 0 Å². The quantitative estimate of drug-likeness (QED) is 0.469. The van der Waals surface area contributed by atoms with E-state index in [0.29, 0.717) is 19.8 Å². The molecule has 0 radical (unpaired) electrons. The van der Waals surface area contributed by atoms with E-state index in [2.05, 4.69) is 0 Å². The molecular formula is C7H17NO3. The van der Waals surface area contributed by atoms with Crippen LogP contribution >= 0.6 is 0 Å². The van der Waals surface area contributed by atoms with Crippen LogP contribution in [0.5, 0.6) is 0 Å². The van der Waals surface area contributed by atoms with Gasteiger partial charge in [-0.05, 0) is 7.05 Å². The second-order valence-electron chi connectivity index (χ2n) is 2.36. The van der Waals surface area contributed by atoms with Crippen LogP contribution in [-0.4, -0.2) is 61.7 Å². The average Bonchev–Trinajstić information content (AvgIpc) is 1.99. The Hall–Kier alpha value is -0.160. The van der Waals surface area contributed by atoms with Crippen molar-refractivity contribution >= 4 is 0 Å². The van der Waals surface area contributed by atoms with Crippen LogP contribution < -0.4 is 0 Å². The number of nitrogens with zero attached hydrogens (tertiary/aromatic N) is 1. The molecule has 11 heavy (non-hydrogen) atoms. The molecule has 0 aliphatic carbocycles. The fourth-order valence-corrected chi connectivity index (χ4v) is 0.670. The van der Waals surface area contributed by atoms with Crippen LogP contribution in [0.25, 0.3) is 0 Å². The summed E-state index contributed by atoms with van der Waals surface area (Å²) in [6.07, 6.45) is 0. The van der Waals surface area contributed by atoms with Gasteiger partial charge in [-0.25, -0.2) is 0 Å². The topological polar surface area (TPSA) is 52.9 Å². The lowest BCUT2D eigenvalue weighted by atomic mass is 10.5. The number of aliphatic hydroxyl groups excluding tert-OH is 2. The van der Waals surface area contributed by atoms with E-state index in [4.69, 9.17) is 14.9 Å². The number of hydrogen-bond acceptors (Lipinski definition) is 4. The molecule has 0 aromatic carbocycles. The molecule has 0 rings (SSSR count). The van der Waals surface area contributed by atoms with Crippen molar-refractivity contribution < 1.29 is 14.9 Å². The monoisotopic (exact) mass is 163 g/mol. The Bertz CT molecular complexity index is 80.1. The van der Waals surface area contributed by atoms with Crippen molar-refractivity contribution in [2.45, 2.75) is 0 Å². The minimum atomic E-state index is 0.0731. The third-order valence-corrected chi connectivity index (χ3v) is 1.33. The van der Waals surface area contributed by atoms with Crippen LogP contribution in [-0.2, 0) is 4.74 Å². The van der Waals surface area contributed by atoms with E-state index in [1.807, 2.05) is 11.9 Å². The molecule has 0 aromatic heterocycles. The van der Waals surface area contributed by atoms with Crippen molar-refractivity contribution in [3.63, 3.8) is 0 Å². The summed E-state index contributed by atoms with van der Waals surface area (Å²) in [6.45, 7) is 2.72. The summed E-state index contributed by atoms with van der Waals surface area (Å²) in [5, 5.41) is 16.9. The van der Waals surface area contributed by atoms with Crippen molar-refractivity contribution in [1.82, 2.24) is 4.90 Å². The molecule has 0 saturated carbocycles. The molecule has 0 heterocycles. The lowest BCUT2D eigenvalue weighted by Crippen LogP contribution is -2.26. The van der Waals surface area contributed by atoms with Crippen molar-refractivity contribution in [2.75, 3.05) is 46.6 Å². The van der Waals surface area contributed by atoms with E-state index in [1.165, 1.54) is 0 Å². The largest absolute Gasteiger partial charge is 0.395 e. The Labute approximate surface area is 67.4 Å². The van der Waals surface area contributed by atoms with Crippen molar-refractivity contribution in [3.8, 4) is 0 Å². The maximum atomic E-state index is 8.52. The molecule has 0 atom stereocenters. The van der Waals surface area contributed by atoms with Crippen molar-refractivity contribution in [3.05, 3.63) is 0 Å². The molecule has 0 spiro atoms. The summed E-state index contributed by atoms with van der Waals surface area (Å²) < 4.78 is 5.03. The zero-order chi connectivity index (χ0) is 8.53. The Kier molecular flexibility index (Phi) is 7.83. The molecule has 0 saturated heterocycles. The summed E-state index contributed by atoms with van der Waals surface area (Å²) in [7, 11) is 1.92. The van der Waals surface area contributed by atoms with Gasteiger partial charge in [0.25, 0.3) is 0 Å². The van der Waals surface area contributed by atoms with Crippen LogP contribution in [0.2, 0.25) is 0 Å². The summed E-state index contributed by atoms with van der Waals surface area (Å²) in [5.41, 5.74) is 0. The van der Waals surface area contributed by atoms with Gasteiger partial charge < -0.3 is 19.8 Å². The van der Waals surface area contributed by atoms with Gasteiger partial charge in [-0.15, -0.1) is 0 Å². The molecule has 0 bridgehead atoms. The van der Waals surface area contributed by atoms with Gasteiger partial charge >= 0.3 is 0 Å². The highest BCUT2D eigenvalue weighted by atomic mass is 16.5. The van der Waals surface area contributed by atoms with Gasteiger partial charge in [0.05, 0.1) is 26.4 Å². The number of rotatable bonds is 7. The Morgan fingerprint density at radius 3 is 2.36 bits per heavy atom. The van der Waals surface area contributed by atoms with Crippen LogP contribution in [0.15, 0.2) is 0 Å². The molecule has 0 unspecified atom stereocenters. The predicted octanol–water partition coefficient (Wildman–Crippen LogP) is -1.08.